The molecule has 0 saturated heterocycles. The summed E-state index contributed by atoms with van der Waals surface area (Å²) in [5.74, 6) is 0.184. The molecule has 4 heteroatoms. The molecule has 1 amide bonds. The highest BCUT2D eigenvalue weighted by atomic mass is 16.2. The lowest BCUT2D eigenvalue weighted by atomic mass is 10.1. The minimum Gasteiger partial charge on any atom is -0.336 e. The Morgan fingerprint density at radius 3 is 2.56 bits per heavy atom. The van der Waals surface area contributed by atoms with Crippen LogP contribution in [0.1, 0.15) is 37.2 Å². The summed E-state index contributed by atoms with van der Waals surface area (Å²) in [6.45, 7) is 6.81. The molecule has 0 atom stereocenters. The largest absolute Gasteiger partial charge is 0.336 e. The van der Waals surface area contributed by atoms with Crippen molar-refractivity contribution >= 4 is 11.6 Å². The van der Waals surface area contributed by atoms with Gasteiger partial charge in [0.15, 0.2) is 0 Å². The minimum atomic E-state index is 0.177. The van der Waals surface area contributed by atoms with Crippen LogP contribution in [0.25, 0.3) is 5.65 Å². The molecule has 0 radical (unpaired) electrons. The van der Waals surface area contributed by atoms with Gasteiger partial charge >= 0.3 is 0 Å². The van der Waals surface area contributed by atoms with Crippen molar-refractivity contribution in [1.29, 1.82) is 0 Å². The Labute approximate surface area is 149 Å². The van der Waals surface area contributed by atoms with E-state index in [0.717, 1.165) is 22.6 Å². The van der Waals surface area contributed by atoms with Crippen molar-refractivity contribution < 1.29 is 4.79 Å². The first-order valence-electron chi connectivity index (χ1n) is 8.82. The maximum Gasteiger partial charge on any atom is 0.223 e. The summed E-state index contributed by atoms with van der Waals surface area (Å²) in [5.41, 5.74) is 4.22. The van der Waals surface area contributed by atoms with Gasteiger partial charge in [-0.05, 0) is 44.9 Å². The number of fused-ring (bicyclic) bond motifs is 1. The highest BCUT2D eigenvalue weighted by Gasteiger charge is 2.18. The summed E-state index contributed by atoms with van der Waals surface area (Å²) in [7, 11) is 0. The second kappa shape index (κ2) is 7.51. The van der Waals surface area contributed by atoms with Crippen molar-refractivity contribution in [3.8, 4) is 0 Å². The predicted molar refractivity (Wildman–Crippen MR) is 100 cm³/mol. The first-order chi connectivity index (χ1) is 12.1. The van der Waals surface area contributed by atoms with Gasteiger partial charge in [-0.3, -0.25) is 4.79 Å². The van der Waals surface area contributed by atoms with Crippen molar-refractivity contribution in [1.82, 2.24) is 14.3 Å². The lowest BCUT2D eigenvalue weighted by Gasteiger charge is -2.27. The molecule has 0 aliphatic rings. The average Bonchev–Trinajstić information content (AvgIpc) is 2.93. The van der Waals surface area contributed by atoms with Gasteiger partial charge in [0, 0.05) is 30.9 Å². The third-order valence-electron chi connectivity index (χ3n) is 4.54. The molecule has 1 aromatic carbocycles. The number of aromatic nitrogens is 2. The Morgan fingerprint density at radius 1 is 1.12 bits per heavy atom. The number of amides is 1. The molecule has 0 aliphatic carbocycles. The van der Waals surface area contributed by atoms with Gasteiger partial charge < -0.3 is 9.30 Å². The third-order valence-corrected chi connectivity index (χ3v) is 4.54. The number of nitrogens with zero attached hydrogens (tertiary/aromatic N) is 3. The molecule has 3 rings (SSSR count). The van der Waals surface area contributed by atoms with Crippen molar-refractivity contribution in [2.24, 2.45) is 0 Å². The molecule has 0 fully saturated rings. The maximum atomic E-state index is 12.8. The monoisotopic (exact) mass is 335 g/mol. The van der Waals surface area contributed by atoms with Crippen LogP contribution < -0.4 is 0 Å². The summed E-state index contributed by atoms with van der Waals surface area (Å²) in [5, 5.41) is 0. The Balaban J connectivity index is 1.72. The maximum absolute atomic E-state index is 12.8. The van der Waals surface area contributed by atoms with Gasteiger partial charge in [-0.25, -0.2) is 4.98 Å². The Kier molecular flexibility index (Phi) is 5.17. The first kappa shape index (κ1) is 17.2. The van der Waals surface area contributed by atoms with Gasteiger partial charge in [-0.1, -0.05) is 36.4 Å². The second-order valence-electron chi connectivity index (χ2n) is 6.67. The molecule has 3 aromatic rings. The van der Waals surface area contributed by atoms with E-state index in [1.807, 2.05) is 54.4 Å². The topological polar surface area (TPSA) is 37.6 Å². The number of carbonyl (C=O) groups is 1. The van der Waals surface area contributed by atoms with Gasteiger partial charge in [0.05, 0.1) is 5.69 Å². The number of benzene rings is 1. The van der Waals surface area contributed by atoms with E-state index in [9.17, 15) is 4.79 Å². The summed E-state index contributed by atoms with van der Waals surface area (Å²) >= 11 is 0. The number of rotatable bonds is 6. The molecule has 0 aliphatic heterocycles. The molecule has 0 N–H and O–H groups in total. The van der Waals surface area contributed by atoms with E-state index in [2.05, 4.69) is 35.4 Å². The van der Waals surface area contributed by atoms with Crippen molar-refractivity contribution in [3.05, 3.63) is 71.7 Å². The van der Waals surface area contributed by atoms with Gasteiger partial charge in [-0.2, -0.15) is 0 Å². The summed E-state index contributed by atoms with van der Waals surface area (Å²) < 4.78 is 2.08. The molecular weight excluding hydrogens is 310 g/mol. The van der Waals surface area contributed by atoms with Crippen molar-refractivity contribution in [2.45, 2.75) is 46.2 Å². The lowest BCUT2D eigenvalue weighted by molar-refractivity contribution is -0.133. The predicted octanol–water partition coefficient (Wildman–Crippen LogP) is 4.01. The van der Waals surface area contributed by atoms with Crippen LogP contribution in [0.5, 0.6) is 0 Å². The molecule has 0 bridgehead atoms. The molecule has 2 heterocycles. The summed E-state index contributed by atoms with van der Waals surface area (Å²) in [6, 6.07) is 16.3. The summed E-state index contributed by atoms with van der Waals surface area (Å²) in [6.07, 6.45) is 3.21. The number of hydrogen-bond donors (Lipinski definition) is 0. The third kappa shape index (κ3) is 3.90. The highest BCUT2D eigenvalue weighted by Crippen LogP contribution is 2.16. The quantitative estimate of drug-likeness (QED) is 0.682. The number of pyridine rings is 1. The van der Waals surface area contributed by atoms with Gasteiger partial charge in [0.25, 0.3) is 0 Å². The Morgan fingerprint density at radius 2 is 1.84 bits per heavy atom. The van der Waals surface area contributed by atoms with E-state index >= 15 is 0 Å². The van der Waals surface area contributed by atoms with Gasteiger partial charge in [0.2, 0.25) is 5.91 Å². The van der Waals surface area contributed by atoms with Crippen molar-refractivity contribution in [2.75, 3.05) is 0 Å². The Bertz CT molecular complexity index is 852. The van der Waals surface area contributed by atoms with E-state index in [4.69, 9.17) is 0 Å². The Hall–Kier alpha value is -2.62. The van der Waals surface area contributed by atoms with E-state index in [-0.39, 0.29) is 11.9 Å². The van der Waals surface area contributed by atoms with Crippen LogP contribution >= 0.6 is 0 Å². The summed E-state index contributed by atoms with van der Waals surface area (Å²) in [4.78, 5) is 19.4. The van der Waals surface area contributed by atoms with Crippen LogP contribution in [0.4, 0.5) is 0 Å². The lowest BCUT2D eigenvalue weighted by Crippen LogP contribution is -2.36. The minimum absolute atomic E-state index is 0.177. The van der Waals surface area contributed by atoms with E-state index in [0.29, 0.717) is 19.4 Å². The highest BCUT2D eigenvalue weighted by molar-refractivity contribution is 5.76. The normalized spacial score (nSPS) is 11.2. The van der Waals surface area contributed by atoms with E-state index in [1.54, 1.807) is 0 Å². The fraction of sp³-hybridized carbons (Fsp3) is 0.333. The van der Waals surface area contributed by atoms with Crippen LogP contribution in [0.2, 0.25) is 0 Å². The zero-order valence-corrected chi connectivity index (χ0v) is 15.1. The first-order valence-corrected chi connectivity index (χ1v) is 8.82. The van der Waals surface area contributed by atoms with E-state index in [1.165, 1.54) is 0 Å². The van der Waals surface area contributed by atoms with Gasteiger partial charge in [0.1, 0.15) is 5.65 Å². The molecule has 4 nitrogen and oxygen atoms in total. The standard InChI is InChI=1S/C21H25N3O/c1-16(2)24(15-18-9-5-4-6-10-18)21(25)13-12-19-17(3)22-20-11-7-8-14-23(19)20/h4-11,14,16H,12-13,15H2,1-3H3. The van der Waals surface area contributed by atoms with Crippen LogP contribution in [0.3, 0.4) is 0 Å². The van der Waals surface area contributed by atoms with Crippen molar-refractivity contribution in [3.63, 3.8) is 0 Å². The molecule has 0 saturated carbocycles. The zero-order chi connectivity index (χ0) is 17.8. The molecule has 2 aromatic heterocycles. The van der Waals surface area contributed by atoms with Crippen LogP contribution in [0, 0.1) is 6.92 Å². The zero-order valence-electron chi connectivity index (χ0n) is 15.1. The molecule has 25 heavy (non-hydrogen) atoms. The average molecular weight is 335 g/mol. The van der Waals surface area contributed by atoms with Crippen LogP contribution in [0.15, 0.2) is 54.7 Å². The van der Waals surface area contributed by atoms with Crippen LogP contribution in [-0.2, 0) is 17.8 Å². The number of aryl methyl sites for hydroxylation is 2. The number of imidazole rings is 1. The van der Waals surface area contributed by atoms with Gasteiger partial charge in [-0.15, -0.1) is 0 Å². The molecule has 0 spiro atoms. The fourth-order valence-corrected chi connectivity index (χ4v) is 3.17. The SMILES string of the molecule is Cc1nc2ccccn2c1CCC(=O)N(Cc1ccccc1)C(C)C. The molecule has 130 valence electrons. The van der Waals surface area contributed by atoms with Crippen LogP contribution in [-0.4, -0.2) is 26.2 Å². The molecule has 0 unspecified atom stereocenters. The number of hydrogen-bond acceptors (Lipinski definition) is 2. The smallest absolute Gasteiger partial charge is 0.223 e. The van der Waals surface area contributed by atoms with E-state index < -0.39 is 0 Å². The fourth-order valence-electron chi connectivity index (χ4n) is 3.17. The molecular formula is C21H25N3O. The number of carbonyl (C=O) groups excluding carboxylic acids is 1. The second-order valence-corrected chi connectivity index (χ2v) is 6.67.